The van der Waals surface area contributed by atoms with E-state index < -0.39 is 0 Å². The molecule has 0 saturated carbocycles. The molecule has 2 aromatic carbocycles. The molecule has 0 fully saturated rings. The summed E-state index contributed by atoms with van der Waals surface area (Å²) in [6, 6.07) is 15.2. The van der Waals surface area contributed by atoms with Gasteiger partial charge in [-0.25, -0.2) is 4.79 Å². The Kier molecular flexibility index (Phi) is 13.1. The molecule has 0 aromatic heterocycles. The van der Waals surface area contributed by atoms with Crippen molar-refractivity contribution in [2.45, 2.75) is 40.5 Å². The van der Waals surface area contributed by atoms with Gasteiger partial charge >= 0.3 is 6.03 Å². The van der Waals surface area contributed by atoms with Crippen molar-refractivity contribution in [2.24, 2.45) is 0 Å². The van der Waals surface area contributed by atoms with E-state index in [1.807, 2.05) is 76.2 Å². The number of urea groups is 1. The van der Waals surface area contributed by atoms with Crippen LogP contribution < -0.4 is 22.1 Å². The Bertz CT molecular complexity index is 541. The molecule has 5 nitrogen and oxygen atoms in total. The summed E-state index contributed by atoms with van der Waals surface area (Å²) in [5.74, 6) is 0. The minimum Gasteiger partial charge on any atom is -0.399 e. The number of hydrogen-bond acceptors (Lipinski definition) is 3. The van der Waals surface area contributed by atoms with E-state index in [0.717, 1.165) is 35.3 Å². The van der Waals surface area contributed by atoms with Gasteiger partial charge in [-0.3, -0.25) is 0 Å². The van der Waals surface area contributed by atoms with Gasteiger partial charge in [0.05, 0.1) is 0 Å². The minimum absolute atomic E-state index is 0.147. The molecule has 0 aliphatic rings. The lowest BCUT2D eigenvalue weighted by Crippen LogP contribution is -2.37. The first-order valence-electron chi connectivity index (χ1n) is 9.34. The first-order valence-corrected chi connectivity index (χ1v) is 9.34. The lowest BCUT2D eigenvalue weighted by molar-refractivity contribution is 0.241. The van der Waals surface area contributed by atoms with Crippen LogP contribution in [0.3, 0.4) is 0 Å². The highest BCUT2D eigenvalue weighted by atomic mass is 16.2. The zero-order valence-corrected chi connectivity index (χ0v) is 16.5. The molecule has 0 spiro atoms. The standard InChI is InChI=1S/C17H22N4O.2C2H6/c18-15-5-1-13(2-6-15)9-11-20-17(22)21-12-10-14-3-7-16(19)8-4-14;2*1-2/h1-8H,9-12,18-19H2,(H2,20,21,22);2*1-2H3. The van der Waals surface area contributed by atoms with Crippen LogP contribution in [0, 0.1) is 0 Å². The molecule has 2 amide bonds. The number of nitrogens with one attached hydrogen (secondary N) is 2. The average Bonchev–Trinajstić information content (AvgIpc) is 2.68. The Labute approximate surface area is 158 Å². The third kappa shape index (κ3) is 10.2. The monoisotopic (exact) mass is 358 g/mol. The molecule has 26 heavy (non-hydrogen) atoms. The fourth-order valence-electron chi connectivity index (χ4n) is 2.07. The van der Waals surface area contributed by atoms with E-state index in [0.29, 0.717) is 13.1 Å². The van der Waals surface area contributed by atoms with Crippen molar-refractivity contribution in [3.8, 4) is 0 Å². The van der Waals surface area contributed by atoms with E-state index >= 15 is 0 Å². The molecule has 0 bridgehead atoms. The summed E-state index contributed by atoms with van der Waals surface area (Å²) in [7, 11) is 0. The van der Waals surface area contributed by atoms with Crippen LogP contribution in [0.4, 0.5) is 16.2 Å². The van der Waals surface area contributed by atoms with E-state index in [-0.39, 0.29) is 6.03 Å². The molecule has 0 heterocycles. The number of carbonyl (C=O) groups is 1. The van der Waals surface area contributed by atoms with Gasteiger partial charge in [-0.1, -0.05) is 52.0 Å². The van der Waals surface area contributed by atoms with Crippen LogP contribution in [0.15, 0.2) is 48.5 Å². The molecule has 0 saturated heterocycles. The zero-order valence-electron chi connectivity index (χ0n) is 16.5. The van der Waals surface area contributed by atoms with Crippen molar-refractivity contribution < 1.29 is 4.79 Å². The highest BCUT2D eigenvalue weighted by Gasteiger charge is 2.00. The molecule has 6 N–H and O–H groups in total. The summed E-state index contributed by atoms with van der Waals surface area (Å²) in [6.07, 6.45) is 1.57. The Hall–Kier alpha value is -2.69. The lowest BCUT2D eigenvalue weighted by atomic mass is 10.1. The first-order chi connectivity index (χ1) is 12.6. The molecule has 0 radical (unpaired) electrons. The Balaban J connectivity index is 0.00000146. The molecular weight excluding hydrogens is 324 g/mol. The SMILES string of the molecule is CC.CC.Nc1ccc(CCNC(=O)NCCc2ccc(N)cc2)cc1. The summed E-state index contributed by atoms with van der Waals surface area (Å²) in [5.41, 5.74) is 15.0. The summed E-state index contributed by atoms with van der Waals surface area (Å²) in [4.78, 5) is 11.7. The third-order valence-corrected chi connectivity index (χ3v) is 3.36. The summed E-state index contributed by atoms with van der Waals surface area (Å²) >= 11 is 0. The van der Waals surface area contributed by atoms with Gasteiger partial charge in [0, 0.05) is 24.5 Å². The second kappa shape index (κ2) is 14.6. The normalized spacial score (nSPS) is 9.08. The topological polar surface area (TPSA) is 93.2 Å². The summed E-state index contributed by atoms with van der Waals surface area (Å²) in [6.45, 7) is 9.19. The number of amides is 2. The molecule has 0 aliphatic heterocycles. The van der Waals surface area contributed by atoms with Crippen molar-refractivity contribution in [1.29, 1.82) is 0 Å². The fourth-order valence-corrected chi connectivity index (χ4v) is 2.07. The fraction of sp³-hybridized carbons (Fsp3) is 0.381. The number of nitrogen functional groups attached to an aromatic ring is 2. The predicted molar refractivity (Wildman–Crippen MR) is 113 cm³/mol. The number of nitrogens with two attached hydrogens (primary N) is 2. The van der Waals surface area contributed by atoms with Crippen LogP contribution in [0.1, 0.15) is 38.8 Å². The van der Waals surface area contributed by atoms with Gasteiger partial charge in [0.15, 0.2) is 0 Å². The predicted octanol–water partition coefficient (Wildman–Crippen LogP) is 3.99. The van der Waals surface area contributed by atoms with Gasteiger partial charge in [-0.05, 0) is 48.2 Å². The number of benzene rings is 2. The molecule has 2 rings (SSSR count). The van der Waals surface area contributed by atoms with Crippen LogP contribution in [0.2, 0.25) is 0 Å². The zero-order chi connectivity index (χ0) is 19.8. The molecule has 0 aliphatic carbocycles. The third-order valence-electron chi connectivity index (χ3n) is 3.36. The molecule has 0 atom stereocenters. The summed E-state index contributed by atoms with van der Waals surface area (Å²) < 4.78 is 0. The Morgan fingerprint density at radius 1 is 0.692 bits per heavy atom. The van der Waals surface area contributed by atoms with E-state index in [1.165, 1.54) is 0 Å². The van der Waals surface area contributed by atoms with E-state index in [1.54, 1.807) is 0 Å². The highest BCUT2D eigenvalue weighted by molar-refractivity contribution is 5.73. The number of hydrogen-bond donors (Lipinski definition) is 4. The first kappa shape index (κ1) is 23.3. The maximum absolute atomic E-state index is 11.7. The highest BCUT2D eigenvalue weighted by Crippen LogP contribution is 2.06. The maximum atomic E-state index is 11.7. The van der Waals surface area contributed by atoms with Crippen LogP contribution in [-0.2, 0) is 12.8 Å². The number of rotatable bonds is 6. The van der Waals surface area contributed by atoms with E-state index in [4.69, 9.17) is 11.5 Å². The molecule has 144 valence electrons. The van der Waals surface area contributed by atoms with Crippen molar-refractivity contribution in [3.63, 3.8) is 0 Å². The largest absolute Gasteiger partial charge is 0.399 e. The van der Waals surface area contributed by atoms with Gasteiger partial charge < -0.3 is 22.1 Å². The number of carbonyl (C=O) groups excluding carboxylic acids is 1. The van der Waals surface area contributed by atoms with Crippen molar-refractivity contribution in [1.82, 2.24) is 10.6 Å². The quantitative estimate of drug-likeness (QED) is 0.588. The van der Waals surface area contributed by atoms with Gasteiger partial charge in [-0.2, -0.15) is 0 Å². The second-order valence-corrected chi connectivity index (χ2v) is 5.17. The van der Waals surface area contributed by atoms with Crippen LogP contribution >= 0.6 is 0 Å². The van der Waals surface area contributed by atoms with E-state index in [2.05, 4.69) is 10.6 Å². The van der Waals surface area contributed by atoms with Crippen molar-refractivity contribution in [3.05, 3.63) is 59.7 Å². The molecular formula is C21H34N4O. The Morgan fingerprint density at radius 3 is 1.31 bits per heavy atom. The van der Waals surface area contributed by atoms with Gasteiger partial charge in [0.2, 0.25) is 0 Å². The minimum atomic E-state index is -0.147. The summed E-state index contributed by atoms with van der Waals surface area (Å²) in [5, 5.41) is 5.68. The average molecular weight is 359 g/mol. The molecule has 5 heteroatoms. The second-order valence-electron chi connectivity index (χ2n) is 5.17. The van der Waals surface area contributed by atoms with Crippen LogP contribution in [-0.4, -0.2) is 19.1 Å². The lowest BCUT2D eigenvalue weighted by Gasteiger charge is -2.08. The van der Waals surface area contributed by atoms with E-state index in [9.17, 15) is 4.79 Å². The van der Waals surface area contributed by atoms with Crippen molar-refractivity contribution >= 4 is 17.4 Å². The van der Waals surface area contributed by atoms with Gasteiger partial charge in [0.1, 0.15) is 0 Å². The molecule has 0 unspecified atom stereocenters. The van der Waals surface area contributed by atoms with Crippen LogP contribution in [0.5, 0.6) is 0 Å². The smallest absolute Gasteiger partial charge is 0.314 e. The molecule has 2 aromatic rings. The van der Waals surface area contributed by atoms with Crippen LogP contribution in [0.25, 0.3) is 0 Å². The number of anilines is 2. The van der Waals surface area contributed by atoms with Gasteiger partial charge in [-0.15, -0.1) is 0 Å². The van der Waals surface area contributed by atoms with Gasteiger partial charge in [0.25, 0.3) is 0 Å². The van der Waals surface area contributed by atoms with Crippen molar-refractivity contribution in [2.75, 3.05) is 24.6 Å². The Morgan fingerprint density at radius 2 is 1.00 bits per heavy atom. The maximum Gasteiger partial charge on any atom is 0.314 e.